The van der Waals surface area contributed by atoms with Crippen LogP contribution in [0.15, 0.2) is 42.5 Å². The number of amides is 2. The van der Waals surface area contributed by atoms with E-state index >= 15 is 0 Å². The van der Waals surface area contributed by atoms with Crippen LogP contribution in [0.4, 0.5) is 11.4 Å². The Kier molecular flexibility index (Phi) is 8.95. The van der Waals surface area contributed by atoms with Gasteiger partial charge in [0, 0.05) is 12.1 Å². The molecule has 0 fully saturated rings. The zero-order valence-electron chi connectivity index (χ0n) is 16.4. The molecule has 160 valence electrons. The maximum atomic E-state index is 12.6. The monoisotopic (exact) mass is 451 g/mol. The maximum Gasteiger partial charge on any atom is 0.328 e. The van der Waals surface area contributed by atoms with Crippen molar-refractivity contribution in [1.82, 2.24) is 5.32 Å². The number of hydrogen-bond donors (Lipinski definition) is 3. The topological polar surface area (TPSA) is 111 Å². The van der Waals surface area contributed by atoms with Crippen LogP contribution < -0.4 is 16.4 Å². The predicted octanol–water partition coefficient (Wildman–Crippen LogP) is 3.59. The fraction of sp³-hybridized carbons (Fsp3) is 0.286. The van der Waals surface area contributed by atoms with E-state index in [0.717, 1.165) is 0 Å². The van der Waals surface area contributed by atoms with Crippen molar-refractivity contribution in [3.8, 4) is 0 Å². The van der Waals surface area contributed by atoms with Crippen molar-refractivity contribution in [2.75, 3.05) is 11.9 Å². The molecule has 1 atom stereocenters. The van der Waals surface area contributed by atoms with Gasteiger partial charge in [-0.25, -0.2) is 4.79 Å². The highest BCUT2D eigenvalue weighted by molar-refractivity contribution is 6.39. The Balaban J connectivity index is 2.14. The lowest BCUT2D eigenvalue weighted by Crippen LogP contribution is -2.43. The quantitative estimate of drug-likeness (QED) is 0.477. The molecule has 2 aromatic rings. The van der Waals surface area contributed by atoms with E-state index in [4.69, 9.17) is 33.7 Å². The number of rotatable bonds is 10. The number of halogens is 2. The first-order valence-electron chi connectivity index (χ1n) is 9.35. The Morgan fingerprint density at radius 3 is 2.37 bits per heavy atom. The molecule has 2 rings (SSSR count). The summed E-state index contributed by atoms with van der Waals surface area (Å²) in [6, 6.07) is 11.3. The summed E-state index contributed by atoms with van der Waals surface area (Å²) in [4.78, 5) is 35.8. The molecule has 30 heavy (non-hydrogen) atoms. The lowest BCUT2D eigenvalue weighted by atomic mass is 10.1. The molecule has 0 aliphatic carbocycles. The fourth-order valence-corrected chi connectivity index (χ4v) is 3.24. The van der Waals surface area contributed by atoms with Crippen molar-refractivity contribution in [3.63, 3.8) is 0 Å². The van der Waals surface area contributed by atoms with Crippen molar-refractivity contribution >= 4 is 52.4 Å². The van der Waals surface area contributed by atoms with Gasteiger partial charge in [0.05, 0.1) is 28.8 Å². The van der Waals surface area contributed by atoms with Crippen molar-refractivity contribution < 1.29 is 19.1 Å². The Morgan fingerprint density at radius 1 is 1.07 bits per heavy atom. The highest BCUT2D eigenvalue weighted by Crippen LogP contribution is 2.33. The molecule has 0 aliphatic heterocycles. The van der Waals surface area contributed by atoms with Gasteiger partial charge in [0.25, 0.3) is 0 Å². The van der Waals surface area contributed by atoms with Crippen molar-refractivity contribution in [2.24, 2.45) is 5.73 Å². The molecular formula is C21H23Cl2N3O4. The number of primary amides is 1. The number of carbonyl (C=O) groups is 3. The van der Waals surface area contributed by atoms with Crippen molar-refractivity contribution in [3.05, 3.63) is 58.1 Å². The van der Waals surface area contributed by atoms with Crippen LogP contribution in [0, 0.1) is 0 Å². The van der Waals surface area contributed by atoms with E-state index in [0.29, 0.717) is 27.0 Å². The number of ether oxygens (including phenoxy) is 1. The summed E-state index contributed by atoms with van der Waals surface area (Å²) in [6.07, 6.45) is -0.000332. The third-order valence-corrected chi connectivity index (χ3v) is 4.81. The molecule has 0 unspecified atom stereocenters. The molecule has 7 nitrogen and oxygen atoms in total. The van der Waals surface area contributed by atoms with E-state index in [2.05, 4.69) is 10.6 Å². The third kappa shape index (κ3) is 6.93. The van der Waals surface area contributed by atoms with Crippen molar-refractivity contribution in [1.29, 1.82) is 0 Å². The maximum absolute atomic E-state index is 12.6. The van der Waals surface area contributed by atoms with E-state index in [1.165, 1.54) is 0 Å². The standard InChI is InChI=1S/C21H23Cl2N3O4/c1-2-30-21(29)17(10-11-18(24)27)25-19(28)12-13-6-3-4-9-16(13)26-20-14(22)7-5-8-15(20)23/h3-9,17,26H,2,10-12H2,1H3,(H2,24,27)(H,25,28)/t17-/m0/s1. The molecule has 0 spiro atoms. The Hall–Kier alpha value is -2.77. The van der Waals surface area contributed by atoms with Gasteiger partial charge in [-0.3, -0.25) is 9.59 Å². The summed E-state index contributed by atoms with van der Waals surface area (Å²) in [5.74, 6) is -1.58. The number of carbonyl (C=O) groups excluding carboxylic acids is 3. The van der Waals surface area contributed by atoms with Crippen LogP contribution in [0.5, 0.6) is 0 Å². The third-order valence-electron chi connectivity index (χ3n) is 4.18. The van der Waals surface area contributed by atoms with Crippen LogP contribution in [0.1, 0.15) is 25.3 Å². The fourth-order valence-electron chi connectivity index (χ4n) is 2.75. The Labute approximate surface area is 184 Å². The number of para-hydroxylation sites is 2. The zero-order valence-corrected chi connectivity index (χ0v) is 17.9. The minimum Gasteiger partial charge on any atom is -0.464 e. The predicted molar refractivity (Wildman–Crippen MR) is 117 cm³/mol. The molecule has 2 aromatic carbocycles. The summed E-state index contributed by atoms with van der Waals surface area (Å²) in [5.41, 5.74) is 7.00. The van der Waals surface area contributed by atoms with Crippen molar-refractivity contribution in [2.45, 2.75) is 32.2 Å². The van der Waals surface area contributed by atoms with Gasteiger partial charge in [0.1, 0.15) is 6.04 Å². The normalized spacial score (nSPS) is 11.4. The average Bonchev–Trinajstić information content (AvgIpc) is 2.69. The van der Waals surface area contributed by atoms with Crippen LogP contribution in [0.3, 0.4) is 0 Å². The Morgan fingerprint density at radius 2 is 1.73 bits per heavy atom. The van der Waals surface area contributed by atoms with Gasteiger partial charge in [-0.15, -0.1) is 0 Å². The molecule has 0 saturated carbocycles. The van der Waals surface area contributed by atoms with Gasteiger partial charge < -0.3 is 21.1 Å². The first kappa shape index (κ1) is 23.5. The SMILES string of the molecule is CCOC(=O)[C@H](CCC(N)=O)NC(=O)Cc1ccccc1Nc1c(Cl)cccc1Cl. The molecule has 2 amide bonds. The number of nitrogens with one attached hydrogen (secondary N) is 2. The zero-order chi connectivity index (χ0) is 22.1. The second kappa shape index (κ2) is 11.4. The van der Waals surface area contributed by atoms with Gasteiger partial charge in [0.2, 0.25) is 11.8 Å². The second-order valence-electron chi connectivity index (χ2n) is 6.43. The molecule has 0 bridgehead atoms. The lowest BCUT2D eigenvalue weighted by Gasteiger charge is -2.18. The van der Waals surface area contributed by atoms with Gasteiger partial charge in [0.15, 0.2) is 0 Å². The highest BCUT2D eigenvalue weighted by Gasteiger charge is 2.23. The van der Waals surface area contributed by atoms with Crippen LogP contribution in [-0.4, -0.2) is 30.4 Å². The summed E-state index contributed by atoms with van der Waals surface area (Å²) < 4.78 is 4.97. The molecule has 0 radical (unpaired) electrons. The number of esters is 1. The number of benzene rings is 2. The van der Waals surface area contributed by atoms with Gasteiger partial charge in [-0.1, -0.05) is 47.5 Å². The first-order valence-corrected chi connectivity index (χ1v) is 10.1. The van der Waals surface area contributed by atoms with Gasteiger partial charge in [-0.05, 0) is 37.1 Å². The molecule has 0 heterocycles. The molecule has 0 aliphatic rings. The molecule has 9 heteroatoms. The minimum atomic E-state index is -0.955. The van der Waals surface area contributed by atoms with Gasteiger partial charge in [-0.2, -0.15) is 0 Å². The molecule has 4 N–H and O–H groups in total. The first-order chi connectivity index (χ1) is 14.3. The Bertz CT molecular complexity index is 901. The molecular weight excluding hydrogens is 429 g/mol. The molecule has 0 aromatic heterocycles. The highest BCUT2D eigenvalue weighted by atomic mass is 35.5. The van der Waals surface area contributed by atoms with E-state index in [1.807, 2.05) is 6.07 Å². The second-order valence-corrected chi connectivity index (χ2v) is 7.25. The summed E-state index contributed by atoms with van der Waals surface area (Å²) >= 11 is 12.4. The molecule has 0 saturated heterocycles. The van der Waals surface area contributed by atoms with E-state index < -0.39 is 23.8 Å². The summed E-state index contributed by atoms with van der Waals surface area (Å²) in [5, 5.41) is 6.65. The van der Waals surface area contributed by atoms with E-state index in [1.54, 1.807) is 43.3 Å². The van der Waals surface area contributed by atoms with Crippen LogP contribution in [0.2, 0.25) is 10.0 Å². The summed E-state index contributed by atoms with van der Waals surface area (Å²) in [6.45, 7) is 1.82. The van der Waals surface area contributed by atoms with Crippen LogP contribution in [0.25, 0.3) is 0 Å². The van der Waals surface area contributed by atoms with E-state index in [-0.39, 0.29) is 25.9 Å². The lowest BCUT2D eigenvalue weighted by molar-refractivity contribution is -0.147. The summed E-state index contributed by atoms with van der Waals surface area (Å²) in [7, 11) is 0. The van der Waals surface area contributed by atoms with Crippen LogP contribution in [-0.2, 0) is 25.5 Å². The van der Waals surface area contributed by atoms with Crippen LogP contribution >= 0.6 is 23.2 Å². The van der Waals surface area contributed by atoms with E-state index in [9.17, 15) is 14.4 Å². The van der Waals surface area contributed by atoms with Gasteiger partial charge >= 0.3 is 5.97 Å². The smallest absolute Gasteiger partial charge is 0.328 e. The largest absolute Gasteiger partial charge is 0.464 e. The number of anilines is 2. The number of nitrogens with two attached hydrogens (primary N) is 1. The average molecular weight is 452 g/mol. The number of hydrogen-bond acceptors (Lipinski definition) is 5. The minimum absolute atomic E-state index is 0.0161.